The predicted molar refractivity (Wildman–Crippen MR) is 65.0 cm³/mol. The highest BCUT2D eigenvalue weighted by molar-refractivity contribution is 7.93. The van der Waals surface area contributed by atoms with Gasteiger partial charge in [-0.25, -0.2) is 8.42 Å². The van der Waals surface area contributed by atoms with Crippen molar-refractivity contribution < 1.29 is 18.3 Å². The van der Waals surface area contributed by atoms with Crippen LogP contribution < -0.4 is 0 Å². The van der Waals surface area contributed by atoms with E-state index in [1.165, 1.54) is 12.3 Å². The van der Waals surface area contributed by atoms with E-state index in [1.807, 2.05) is 0 Å². The summed E-state index contributed by atoms with van der Waals surface area (Å²) in [6.07, 6.45) is 2.86. The lowest BCUT2D eigenvalue weighted by molar-refractivity contribution is -0.139. The average molecular weight is 269 g/mol. The number of aryl methyl sites for hydroxylation is 1. The predicted octanol–water partition coefficient (Wildman–Crippen LogP) is 1.56. The number of carbonyl (C=O) groups is 1. The number of nitrogens with zero attached hydrogens (tertiary/aromatic N) is 1. The van der Waals surface area contributed by atoms with Gasteiger partial charge in [-0.3, -0.25) is 9.78 Å². The van der Waals surface area contributed by atoms with Crippen molar-refractivity contribution in [3.05, 3.63) is 24.0 Å². The Labute approximate surface area is 106 Å². The molecule has 0 amide bonds. The molecule has 2 rings (SSSR count). The fraction of sp³-hybridized carbons (Fsp3) is 0.500. The molecule has 0 spiro atoms. The van der Waals surface area contributed by atoms with E-state index in [4.69, 9.17) is 0 Å². The maximum atomic E-state index is 12.5. The van der Waals surface area contributed by atoms with Crippen LogP contribution in [0.15, 0.2) is 23.2 Å². The summed E-state index contributed by atoms with van der Waals surface area (Å²) in [5.41, 5.74) is 0.699. The van der Waals surface area contributed by atoms with Crippen molar-refractivity contribution in [2.24, 2.45) is 0 Å². The van der Waals surface area contributed by atoms with Crippen LogP contribution in [0.2, 0.25) is 0 Å². The summed E-state index contributed by atoms with van der Waals surface area (Å²) in [4.78, 5) is 15.3. The summed E-state index contributed by atoms with van der Waals surface area (Å²) in [7, 11) is -3.88. The van der Waals surface area contributed by atoms with Gasteiger partial charge in [0.2, 0.25) is 0 Å². The molecule has 98 valence electrons. The maximum absolute atomic E-state index is 12.5. The lowest BCUT2D eigenvalue weighted by Gasteiger charge is -2.23. The minimum atomic E-state index is -3.88. The van der Waals surface area contributed by atoms with E-state index in [-0.39, 0.29) is 17.7 Å². The molecule has 0 bridgehead atoms. The van der Waals surface area contributed by atoms with E-state index in [2.05, 4.69) is 4.98 Å². The summed E-state index contributed by atoms with van der Waals surface area (Å²) in [5.74, 6) is -1.25. The SMILES string of the molecule is Cc1ccc(S(=O)(=O)C2(C(=O)O)CCCC2)cn1. The van der Waals surface area contributed by atoms with Crippen LogP contribution in [0.3, 0.4) is 0 Å². The first-order chi connectivity index (χ1) is 8.40. The number of rotatable bonds is 3. The molecule has 1 aliphatic carbocycles. The zero-order chi connectivity index (χ0) is 13.4. The summed E-state index contributed by atoms with van der Waals surface area (Å²) in [6.45, 7) is 1.75. The third kappa shape index (κ3) is 1.80. The first-order valence-corrected chi connectivity index (χ1v) is 7.29. The maximum Gasteiger partial charge on any atom is 0.325 e. The van der Waals surface area contributed by atoms with Gasteiger partial charge in [0.05, 0.1) is 4.90 Å². The number of hydrogen-bond donors (Lipinski definition) is 1. The molecule has 5 nitrogen and oxygen atoms in total. The highest BCUT2D eigenvalue weighted by atomic mass is 32.2. The number of hydrogen-bond acceptors (Lipinski definition) is 4. The third-order valence-corrected chi connectivity index (χ3v) is 5.98. The lowest BCUT2D eigenvalue weighted by atomic mass is 10.1. The number of aromatic nitrogens is 1. The molecule has 1 N–H and O–H groups in total. The van der Waals surface area contributed by atoms with Gasteiger partial charge in [0.25, 0.3) is 0 Å². The van der Waals surface area contributed by atoms with Crippen LogP contribution in [0.1, 0.15) is 31.4 Å². The molecule has 0 radical (unpaired) electrons. The van der Waals surface area contributed by atoms with Crippen LogP contribution >= 0.6 is 0 Å². The largest absolute Gasteiger partial charge is 0.480 e. The second-order valence-corrected chi connectivity index (χ2v) is 6.91. The molecule has 0 aromatic carbocycles. The molecular weight excluding hydrogens is 254 g/mol. The monoisotopic (exact) mass is 269 g/mol. The molecule has 1 aliphatic rings. The van der Waals surface area contributed by atoms with Crippen LogP contribution in [0.4, 0.5) is 0 Å². The molecule has 18 heavy (non-hydrogen) atoms. The summed E-state index contributed by atoms with van der Waals surface area (Å²) in [6, 6.07) is 3.01. The highest BCUT2D eigenvalue weighted by Gasteiger charge is 2.53. The van der Waals surface area contributed by atoms with Crippen molar-refractivity contribution >= 4 is 15.8 Å². The Kier molecular flexibility index (Phi) is 3.14. The van der Waals surface area contributed by atoms with Crippen molar-refractivity contribution in [2.75, 3.05) is 0 Å². The van der Waals surface area contributed by atoms with Crippen LogP contribution in [-0.4, -0.2) is 29.2 Å². The first kappa shape index (κ1) is 13.0. The van der Waals surface area contributed by atoms with Gasteiger partial charge in [0.15, 0.2) is 14.6 Å². The van der Waals surface area contributed by atoms with Gasteiger partial charge in [-0.05, 0) is 31.9 Å². The molecule has 1 fully saturated rings. The van der Waals surface area contributed by atoms with Gasteiger partial charge < -0.3 is 5.11 Å². The smallest absolute Gasteiger partial charge is 0.325 e. The first-order valence-electron chi connectivity index (χ1n) is 5.81. The number of aliphatic carboxylic acids is 1. The average Bonchev–Trinajstić information content (AvgIpc) is 2.80. The van der Waals surface area contributed by atoms with Gasteiger partial charge in [0, 0.05) is 11.9 Å². The Morgan fingerprint density at radius 2 is 1.94 bits per heavy atom. The van der Waals surface area contributed by atoms with Gasteiger partial charge >= 0.3 is 5.97 Å². The quantitative estimate of drug-likeness (QED) is 0.900. The number of carboxylic acids is 1. The van der Waals surface area contributed by atoms with Gasteiger partial charge in [-0.2, -0.15) is 0 Å². The molecule has 0 saturated heterocycles. The topological polar surface area (TPSA) is 84.3 Å². The van der Waals surface area contributed by atoms with Gasteiger partial charge in [0.1, 0.15) is 0 Å². The molecule has 0 unspecified atom stereocenters. The Balaban J connectivity index is 2.53. The second kappa shape index (κ2) is 4.35. The third-order valence-electron chi connectivity index (χ3n) is 3.51. The number of sulfone groups is 1. The molecule has 1 aromatic rings. The van der Waals surface area contributed by atoms with Crippen molar-refractivity contribution in [1.29, 1.82) is 0 Å². The Bertz CT molecular complexity index is 556. The van der Waals surface area contributed by atoms with E-state index in [9.17, 15) is 18.3 Å². The Morgan fingerprint density at radius 1 is 1.33 bits per heavy atom. The fourth-order valence-electron chi connectivity index (χ4n) is 2.38. The van der Waals surface area contributed by atoms with Crippen LogP contribution in [-0.2, 0) is 14.6 Å². The standard InChI is InChI=1S/C12H15NO4S/c1-9-4-5-10(8-13-9)18(16,17)12(11(14)15)6-2-3-7-12/h4-5,8H,2-3,6-7H2,1H3,(H,14,15). The summed E-state index contributed by atoms with van der Waals surface area (Å²) >= 11 is 0. The Hall–Kier alpha value is -1.43. The summed E-state index contributed by atoms with van der Waals surface area (Å²) < 4.78 is 23.3. The van der Waals surface area contributed by atoms with E-state index in [0.717, 1.165) is 0 Å². The van der Waals surface area contributed by atoms with Crippen molar-refractivity contribution in [3.8, 4) is 0 Å². The van der Waals surface area contributed by atoms with Gasteiger partial charge in [-0.1, -0.05) is 12.8 Å². The minimum Gasteiger partial charge on any atom is -0.480 e. The van der Waals surface area contributed by atoms with E-state index < -0.39 is 20.6 Å². The van der Waals surface area contributed by atoms with E-state index in [0.29, 0.717) is 18.5 Å². The molecule has 1 aromatic heterocycles. The second-order valence-electron chi connectivity index (χ2n) is 4.65. The number of carboxylic acid groups (broad SMARTS) is 1. The van der Waals surface area contributed by atoms with Crippen molar-refractivity contribution in [2.45, 2.75) is 42.2 Å². The van der Waals surface area contributed by atoms with Gasteiger partial charge in [-0.15, -0.1) is 0 Å². The van der Waals surface area contributed by atoms with Crippen LogP contribution in [0, 0.1) is 6.92 Å². The highest BCUT2D eigenvalue weighted by Crippen LogP contribution is 2.40. The fourth-order valence-corrected chi connectivity index (χ4v) is 4.33. The Morgan fingerprint density at radius 3 is 2.39 bits per heavy atom. The minimum absolute atomic E-state index is 0.00241. The zero-order valence-electron chi connectivity index (χ0n) is 10.1. The molecule has 1 saturated carbocycles. The van der Waals surface area contributed by atoms with E-state index in [1.54, 1.807) is 13.0 Å². The van der Waals surface area contributed by atoms with Crippen LogP contribution in [0.25, 0.3) is 0 Å². The normalized spacial score (nSPS) is 18.7. The molecule has 0 atom stereocenters. The van der Waals surface area contributed by atoms with Crippen molar-refractivity contribution in [3.63, 3.8) is 0 Å². The van der Waals surface area contributed by atoms with Crippen molar-refractivity contribution in [1.82, 2.24) is 4.98 Å². The lowest BCUT2D eigenvalue weighted by Crippen LogP contribution is -2.43. The molecule has 6 heteroatoms. The number of pyridine rings is 1. The van der Waals surface area contributed by atoms with E-state index >= 15 is 0 Å². The summed E-state index contributed by atoms with van der Waals surface area (Å²) in [5, 5.41) is 9.32. The molecular formula is C12H15NO4S. The molecule has 0 aliphatic heterocycles. The van der Waals surface area contributed by atoms with Crippen LogP contribution in [0.5, 0.6) is 0 Å². The molecule has 1 heterocycles. The zero-order valence-corrected chi connectivity index (χ0v) is 10.9.